The van der Waals surface area contributed by atoms with Gasteiger partial charge in [0.25, 0.3) is 5.91 Å². The fourth-order valence-electron chi connectivity index (χ4n) is 3.37. The minimum absolute atomic E-state index is 0.0101. The average molecular weight is 416 g/mol. The van der Waals surface area contributed by atoms with Crippen molar-refractivity contribution in [1.29, 1.82) is 5.26 Å². The number of hydrogen-bond donors (Lipinski definition) is 1. The Morgan fingerprint density at radius 3 is 2.62 bits per heavy atom. The van der Waals surface area contributed by atoms with E-state index < -0.39 is 11.7 Å². The molecule has 0 aliphatic heterocycles. The summed E-state index contributed by atoms with van der Waals surface area (Å²) in [6.45, 7) is 3.85. The molecule has 0 bridgehead atoms. The molecule has 152 valence electrons. The topological polar surface area (TPSA) is 75.0 Å². The van der Waals surface area contributed by atoms with Gasteiger partial charge in [0.15, 0.2) is 0 Å². The first kappa shape index (κ1) is 21.1. The normalized spacial score (nSPS) is 18.9. The monoisotopic (exact) mass is 415 g/mol. The highest BCUT2D eigenvalue weighted by Gasteiger charge is 2.25. The molecule has 1 aromatic carbocycles. The molecular weight excluding hydrogens is 393 g/mol. The minimum atomic E-state index is -0.545. The van der Waals surface area contributed by atoms with E-state index in [-0.39, 0.29) is 23.6 Å². The number of nitrogens with one attached hydrogen (secondary N) is 1. The number of nitrogens with zero attached hydrogens (tertiary/aromatic N) is 2. The molecular formula is C22H23ClFN3O2. The second-order valence-corrected chi connectivity index (χ2v) is 7.97. The van der Waals surface area contributed by atoms with E-state index in [2.05, 4.69) is 10.3 Å². The number of ether oxygens (including phenoxy) is 1. The molecule has 7 heteroatoms. The third-order valence-corrected chi connectivity index (χ3v) is 5.40. The smallest absolute Gasteiger partial charge is 0.256 e. The summed E-state index contributed by atoms with van der Waals surface area (Å²) in [5.41, 5.74) is 1.01. The number of rotatable bonds is 5. The molecule has 29 heavy (non-hydrogen) atoms. The number of aromatic nitrogens is 1. The molecule has 0 atom stereocenters. The van der Waals surface area contributed by atoms with Crippen molar-refractivity contribution >= 4 is 17.5 Å². The Morgan fingerprint density at radius 2 is 2.03 bits per heavy atom. The average Bonchev–Trinajstić information content (AvgIpc) is 2.69. The molecule has 1 aromatic heterocycles. The van der Waals surface area contributed by atoms with Gasteiger partial charge in [-0.2, -0.15) is 5.26 Å². The first-order valence-corrected chi connectivity index (χ1v) is 10.1. The summed E-state index contributed by atoms with van der Waals surface area (Å²) < 4.78 is 20.2. The quantitative estimate of drug-likeness (QED) is 0.746. The number of carbonyl (C=O) groups excluding carboxylic acids is 1. The maximum Gasteiger partial charge on any atom is 0.256 e. The van der Waals surface area contributed by atoms with Gasteiger partial charge in [0.05, 0.1) is 22.3 Å². The summed E-state index contributed by atoms with van der Waals surface area (Å²) in [5.74, 6) is -0.257. The molecule has 2 aromatic rings. The third-order valence-electron chi connectivity index (χ3n) is 5.08. The number of halogens is 2. The number of carbonyl (C=O) groups is 1. The number of benzene rings is 1. The Kier molecular flexibility index (Phi) is 6.71. The van der Waals surface area contributed by atoms with Crippen LogP contribution in [0.5, 0.6) is 5.75 Å². The van der Waals surface area contributed by atoms with Gasteiger partial charge in [0, 0.05) is 24.0 Å². The molecule has 0 saturated heterocycles. The van der Waals surface area contributed by atoms with E-state index in [1.807, 2.05) is 19.9 Å². The van der Waals surface area contributed by atoms with E-state index in [0.717, 1.165) is 25.7 Å². The number of nitriles is 1. The molecule has 1 fully saturated rings. The van der Waals surface area contributed by atoms with Gasteiger partial charge in [0.2, 0.25) is 0 Å². The summed E-state index contributed by atoms with van der Waals surface area (Å²) in [6, 6.07) is 8.32. The van der Waals surface area contributed by atoms with Crippen LogP contribution in [0.2, 0.25) is 5.02 Å². The SMILES string of the molecule is CC(C)c1cc(F)c(C(=O)NC2CCC(Oc3ccc(C#N)c(Cl)c3)CC2)cn1. The summed E-state index contributed by atoms with van der Waals surface area (Å²) in [5, 5.41) is 12.2. The van der Waals surface area contributed by atoms with Crippen LogP contribution in [-0.4, -0.2) is 23.0 Å². The third kappa shape index (κ3) is 5.24. The van der Waals surface area contributed by atoms with Gasteiger partial charge in [-0.05, 0) is 49.8 Å². The molecule has 3 rings (SSSR count). The summed E-state index contributed by atoms with van der Waals surface area (Å²) in [7, 11) is 0. The van der Waals surface area contributed by atoms with Crippen LogP contribution in [0.1, 0.15) is 67.1 Å². The Labute approximate surface area is 174 Å². The first-order valence-electron chi connectivity index (χ1n) is 9.70. The van der Waals surface area contributed by atoms with Crippen molar-refractivity contribution in [2.45, 2.75) is 57.6 Å². The first-order chi connectivity index (χ1) is 13.9. The van der Waals surface area contributed by atoms with Gasteiger partial charge >= 0.3 is 0 Å². The summed E-state index contributed by atoms with van der Waals surface area (Å²) >= 11 is 6.04. The molecule has 0 unspecified atom stereocenters. The van der Waals surface area contributed by atoms with Gasteiger partial charge in [-0.3, -0.25) is 9.78 Å². The molecule has 0 spiro atoms. The van der Waals surface area contributed by atoms with Crippen LogP contribution in [0.4, 0.5) is 4.39 Å². The van der Waals surface area contributed by atoms with Crippen LogP contribution in [-0.2, 0) is 0 Å². The minimum Gasteiger partial charge on any atom is -0.490 e. The second-order valence-electron chi connectivity index (χ2n) is 7.56. The molecule has 5 nitrogen and oxygen atoms in total. The van der Waals surface area contributed by atoms with Crippen LogP contribution in [0, 0.1) is 17.1 Å². The highest BCUT2D eigenvalue weighted by Crippen LogP contribution is 2.27. The highest BCUT2D eigenvalue weighted by molar-refractivity contribution is 6.31. The van der Waals surface area contributed by atoms with Crippen molar-refractivity contribution in [2.24, 2.45) is 0 Å². The van der Waals surface area contributed by atoms with Gasteiger partial charge in [-0.25, -0.2) is 4.39 Å². The summed E-state index contributed by atoms with van der Waals surface area (Å²) in [4.78, 5) is 16.6. The number of amides is 1. The highest BCUT2D eigenvalue weighted by atomic mass is 35.5. The maximum atomic E-state index is 14.3. The molecule has 1 heterocycles. The Bertz CT molecular complexity index is 934. The molecule has 0 radical (unpaired) electrons. The van der Waals surface area contributed by atoms with Crippen LogP contribution in [0.25, 0.3) is 0 Å². The Hall–Kier alpha value is -2.65. The fourth-order valence-corrected chi connectivity index (χ4v) is 3.58. The lowest BCUT2D eigenvalue weighted by atomic mass is 9.92. The zero-order chi connectivity index (χ0) is 21.0. The molecule has 1 aliphatic rings. The number of pyridine rings is 1. The summed E-state index contributed by atoms with van der Waals surface area (Å²) in [6.07, 6.45) is 4.31. The van der Waals surface area contributed by atoms with Crippen LogP contribution in [0.3, 0.4) is 0 Å². The molecule has 1 aliphatic carbocycles. The zero-order valence-electron chi connectivity index (χ0n) is 16.4. The standard InChI is InChI=1S/C22H23ClFN3O2/c1-13(2)21-10-20(24)18(12-26-21)22(28)27-15-4-7-16(8-5-15)29-17-6-3-14(11-25)19(23)9-17/h3,6,9-10,12-13,15-16H,4-5,7-8H2,1-2H3,(H,27,28). The fraction of sp³-hybridized carbons (Fsp3) is 0.409. The lowest BCUT2D eigenvalue weighted by Gasteiger charge is -2.29. The predicted molar refractivity (Wildman–Crippen MR) is 109 cm³/mol. The van der Waals surface area contributed by atoms with E-state index in [4.69, 9.17) is 21.6 Å². The lowest BCUT2D eigenvalue weighted by Crippen LogP contribution is -2.40. The van der Waals surface area contributed by atoms with Crippen molar-refractivity contribution in [3.63, 3.8) is 0 Å². The van der Waals surface area contributed by atoms with E-state index in [0.29, 0.717) is 22.0 Å². The van der Waals surface area contributed by atoms with Crippen molar-refractivity contribution in [3.8, 4) is 11.8 Å². The molecule has 1 saturated carbocycles. The van der Waals surface area contributed by atoms with Gasteiger partial charge in [-0.15, -0.1) is 0 Å². The largest absolute Gasteiger partial charge is 0.490 e. The molecule has 1 N–H and O–H groups in total. The van der Waals surface area contributed by atoms with Gasteiger partial charge in [-0.1, -0.05) is 25.4 Å². The van der Waals surface area contributed by atoms with Gasteiger partial charge < -0.3 is 10.1 Å². The van der Waals surface area contributed by atoms with Crippen molar-refractivity contribution < 1.29 is 13.9 Å². The van der Waals surface area contributed by atoms with E-state index in [9.17, 15) is 9.18 Å². The van der Waals surface area contributed by atoms with E-state index in [1.54, 1.807) is 18.2 Å². The van der Waals surface area contributed by atoms with Crippen LogP contribution >= 0.6 is 11.6 Å². The Balaban J connectivity index is 1.53. The van der Waals surface area contributed by atoms with Crippen LogP contribution < -0.4 is 10.1 Å². The van der Waals surface area contributed by atoms with E-state index >= 15 is 0 Å². The maximum absolute atomic E-state index is 14.3. The van der Waals surface area contributed by atoms with E-state index in [1.165, 1.54) is 12.3 Å². The number of hydrogen-bond acceptors (Lipinski definition) is 4. The van der Waals surface area contributed by atoms with Crippen molar-refractivity contribution in [2.75, 3.05) is 0 Å². The second kappa shape index (κ2) is 9.23. The molecule has 1 amide bonds. The van der Waals surface area contributed by atoms with Gasteiger partial charge in [0.1, 0.15) is 17.6 Å². The predicted octanol–water partition coefficient (Wildman–Crippen LogP) is 4.99. The zero-order valence-corrected chi connectivity index (χ0v) is 17.2. The van der Waals surface area contributed by atoms with Crippen LogP contribution in [0.15, 0.2) is 30.5 Å². The lowest BCUT2D eigenvalue weighted by molar-refractivity contribution is 0.0889. The van der Waals surface area contributed by atoms with Crippen molar-refractivity contribution in [1.82, 2.24) is 10.3 Å². The van der Waals surface area contributed by atoms with Crippen molar-refractivity contribution in [3.05, 3.63) is 58.1 Å². The Morgan fingerprint density at radius 1 is 1.31 bits per heavy atom.